The zero-order valence-corrected chi connectivity index (χ0v) is 16.3. The molecule has 0 aliphatic heterocycles. The number of benzene rings is 2. The largest absolute Gasteiger partial charge is 0.334 e. The number of carbonyl (C=O) groups excluding carboxylic acids is 2. The molecule has 5 N–H and O–H groups in total. The first kappa shape index (κ1) is 20.7. The minimum Gasteiger partial charge on any atom is -0.334 e. The van der Waals surface area contributed by atoms with Crippen LogP contribution < -0.4 is 21.7 Å². The fraction of sp³-hybridized carbons (Fsp3) is 0.300. The molecule has 144 valence electrons. The summed E-state index contributed by atoms with van der Waals surface area (Å²) in [4.78, 5) is 24.3. The highest BCUT2D eigenvalue weighted by Gasteiger charge is 2.27. The molecule has 0 fully saturated rings. The Labute approximate surface area is 164 Å². The number of nitrogens with one attached hydrogen (secondary N) is 3. The zero-order valence-electron chi connectivity index (χ0n) is 15.5. The van der Waals surface area contributed by atoms with Gasteiger partial charge >= 0.3 is 6.03 Å². The third-order valence-corrected chi connectivity index (χ3v) is 4.38. The van der Waals surface area contributed by atoms with E-state index in [-0.39, 0.29) is 11.9 Å². The number of hydrogen-bond acceptors (Lipinski definition) is 3. The lowest BCUT2D eigenvalue weighted by atomic mass is 9.96. The maximum atomic E-state index is 12.3. The highest BCUT2D eigenvalue weighted by molar-refractivity contribution is 6.33. The number of amides is 3. The number of urea groups is 1. The molecule has 2 aromatic rings. The van der Waals surface area contributed by atoms with E-state index in [1.807, 2.05) is 19.1 Å². The van der Waals surface area contributed by atoms with Gasteiger partial charge in [0.15, 0.2) is 0 Å². The number of halogens is 1. The second kappa shape index (κ2) is 9.39. The van der Waals surface area contributed by atoms with E-state index in [0.29, 0.717) is 29.4 Å². The lowest BCUT2D eigenvalue weighted by Crippen LogP contribution is -2.48. The van der Waals surface area contributed by atoms with E-state index < -0.39 is 5.54 Å². The fourth-order valence-electron chi connectivity index (χ4n) is 2.58. The predicted octanol–water partition coefficient (Wildman–Crippen LogP) is 4.12. The van der Waals surface area contributed by atoms with E-state index in [2.05, 4.69) is 16.0 Å². The molecule has 0 saturated heterocycles. The van der Waals surface area contributed by atoms with E-state index in [0.717, 1.165) is 12.0 Å². The van der Waals surface area contributed by atoms with Gasteiger partial charge in [0.25, 0.3) is 0 Å². The van der Waals surface area contributed by atoms with Crippen LogP contribution in [0.1, 0.15) is 32.3 Å². The van der Waals surface area contributed by atoms with Crippen LogP contribution in [0.3, 0.4) is 0 Å². The first-order valence-electron chi connectivity index (χ1n) is 8.80. The fourth-order valence-corrected chi connectivity index (χ4v) is 2.76. The Balaban J connectivity index is 1.93. The SMILES string of the molecule is CCCC(C)(N)C(=O)Nc1cccc(CNC(=O)Nc2ccccc2Cl)c1. The molecule has 0 aliphatic rings. The summed E-state index contributed by atoms with van der Waals surface area (Å²) < 4.78 is 0. The van der Waals surface area contributed by atoms with Gasteiger partial charge in [-0.25, -0.2) is 4.79 Å². The van der Waals surface area contributed by atoms with Crippen LogP contribution in [0.5, 0.6) is 0 Å². The maximum absolute atomic E-state index is 12.3. The molecule has 2 rings (SSSR count). The lowest BCUT2D eigenvalue weighted by Gasteiger charge is -2.23. The quantitative estimate of drug-likeness (QED) is 0.574. The van der Waals surface area contributed by atoms with Gasteiger partial charge < -0.3 is 21.7 Å². The van der Waals surface area contributed by atoms with Crippen molar-refractivity contribution >= 4 is 34.9 Å². The van der Waals surface area contributed by atoms with Gasteiger partial charge in [0.05, 0.1) is 16.2 Å². The predicted molar refractivity (Wildman–Crippen MR) is 110 cm³/mol. The molecule has 0 bridgehead atoms. The van der Waals surface area contributed by atoms with Crippen molar-refractivity contribution in [3.8, 4) is 0 Å². The molecule has 0 spiro atoms. The van der Waals surface area contributed by atoms with Crippen molar-refractivity contribution in [2.24, 2.45) is 5.73 Å². The number of para-hydroxylation sites is 1. The third kappa shape index (κ3) is 6.27. The molecule has 1 unspecified atom stereocenters. The third-order valence-electron chi connectivity index (χ3n) is 4.05. The highest BCUT2D eigenvalue weighted by atomic mass is 35.5. The normalized spacial score (nSPS) is 12.7. The van der Waals surface area contributed by atoms with Gasteiger partial charge in [-0.3, -0.25) is 4.79 Å². The summed E-state index contributed by atoms with van der Waals surface area (Å²) in [6.45, 7) is 4.00. The average Bonchev–Trinajstić information content (AvgIpc) is 2.62. The summed E-state index contributed by atoms with van der Waals surface area (Å²) in [5.74, 6) is -0.231. The van der Waals surface area contributed by atoms with Gasteiger partial charge in [-0.05, 0) is 43.2 Å². The van der Waals surface area contributed by atoms with Crippen LogP contribution in [0.4, 0.5) is 16.2 Å². The van der Waals surface area contributed by atoms with Gasteiger partial charge in [0.2, 0.25) is 5.91 Å². The topological polar surface area (TPSA) is 96.2 Å². The summed E-state index contributed by atoms with van der Waals surface area (Å²) >= 11 is 6.02. The molecule has 6 nitrogen and oxygen atoms in total. The first-order chi connectivity index (χ1) is 12.8. The van der Waals surface area contributed by atoms with Crippen LogP contribution in [-0.2, 0) is 11.3 Å². The molecule has 0 heterocycles. The van der Waals surface area contributed by atoms with Crippen LogP contribution in [-0.4, -0.2) is 17.5 Å². The van der Waals surface area contributed by atoms with Crippen molar-refractivity contribution in [2.75, 3.05) is 10.6 Å². The summed E-state index contributed by atoms with van der Waals surface area (Å²) in [6, 6.07) is 13.9. The van der Waals surface area contributed by atoms with Crippen molar-refractivity contribution < 1.29 is 9.59 Å². The Hall–Kier alpha value is -2.57. The molecular weight excluding hydrogens is 364 g/mol. The van der Waals surface area contributed by atoms with Gasteiger partial charge in [-0.15, -0.1) is 0 Å². The summed E-state index contributed by atoms with van der Waals surface area (Å²) in [7, 11) is 0. The molecule has 2 aromatic carbocycles. The van der Waals surface area contributed by atoms with Crippen molar-refractivity contribution in [1.82, 2.24) is 5.32 Å². The monoisotopic (exact) mass is 388 g/mol. The maximum Gasteiger partial charge on any atom is 0.319 e. The van der Waals surface area contributed by atoms with E-state index in [9.17, 15) is 9.59 Å². The van der Waals surface area contributed by atoms with E-state index in [1.54, 1.807) is 43.3 Å². The molecule has 27 heavy (non-hydrogen) atoms. The van der Waals surface area contributed by atoms with Crippen LogP contribution >= 0.6 is 11.6 Å². The first-order valence-corrected chi connectivity index (χ1v) is 9.18. The molecule has 0 aromatic heterocycles. The van der Waals surface area contributed by atoms with Gasteiger partial charge in [-0.1, -0.05) is 49.2 Å². The van der Waals surface area contributed by atoms with Crippen LogP contribution in [0.2, 0.25) is 5.02 Å². The van der Waals surface area contributed by atoms with Crippen molar-refractivity contribution in [2.45, 2.75) is 38.8 Å². The highest BCUT2D eigenvalue weighted by Crippen LogP contribution is 2.20. The van der Waals surface area contributed by atoms with E-state index in [4.69, 9.17) is 17.3 Å². The van der Waals surface area contributed by atoms with Crippen molar-refractivity contribution in [3.63, 3.8) is 0 Å². The minimum absolute atomic E-state index is 0.231. The van der Waals surface area contributed by atoms with Crippen molar-refractivity contribution in [1.29, 1.82) is 0 Å². The average molecular weight is 389 g/mol. The molecule has 3 amide bonds. The Bertz CT molecular complexity index is 808. The Morgan fingerprint density at radius 3 is 2.56 bits per heavy atom. The molecule has 0 saturated carbocycles. The van der Waals surface area contributed by atoms with Crippen LogP contribution in [0.15, 0.2) is 48.5 Å². The molecule has 0 aliphatic carbocycles. The van der Waals surface area contributed by atoms with E-state index in [1.165, 1.54) is 0 Å². The Morgan fingerprint density at radius 2 is 1.85 bits per heavy atom. The number of hydrogen-bond donors (Lipinski definition) is 4. The van der Waals surface area contributed by atoms with Gasteiger partial charge in [0.1, 0.15) is 0 Å². The number of rotatable bonds is 7. The van der Waals surface area contributed by atoms with E-state index >= 15 is 0 Å². The smallest absolute Gasteiger partial charge is 0.319 e. The van der Waals surface area contributed by atoms with Gasteiger partial charge in [0, 0.05) is 12.2 Å². The second-order valence-corrected chi connectivity index (χ2v) is 7.02. The standard InChI is InChI=1S/C20H25ClN4O2/c1-3-11-20(2,22)18(26)24-15-8-6-7-14(12-15)13-23-19(27)25-17-10-5-4-9-16(17)21/h4-10,12H,3,11,13,22H2,1-2H3,(H,24,26)(H2,23,25,27). The molecule has 1 atom stereocenters. The number of nitrogens with two attached hydrogens (primary N) is 1. The van der Waals surface area contributed by atoms with Crippen LogP contribution in [0, 0.1) is 0 Å². The number of anilines is 2. The Morgan fingerprint density at radius 1 is 1.11 bits per heavy atom. The number of carbonyl (C=O) groups is 2. The van der Waals surface area contributed by atoms with Gasteiger partial charge in [-0.2, -0.15) is 0 Å². The molecule has 7 heteroatoms. The zero-order chi connectivity index (χ0) is 19.9. The van der Waals surface area contributed by atoms with Crippen molar-refractivity contribution in [3.05, 3.63) is 59.1 Å². The Kier molecular flexibility index (Phi) is 7.21. The molecule has 0 radical (unpaired) electrons. The van der Waals surface area contributed by atoms with Crippen LogP contribution in [0.25, 0.3) is 0 Å². The summed E-state index contributed by atoms with van der Waals surface area (Å²) in [6.07, 6.45) is 1.42. The molecular formula is C20H25ClN4O2. The minimum atomic E-state index is -0.919. The summed E-state index contributed by atoms with van der Waals surface area (Å²) in [5.41, 5.74) is 7.15. The summed E-state index contributed by atoms with van der Waals surface area (Å²) in [5, 5.41) is 8.75. The second-order valence-electron chi connectivity index (χ2n) is 6.61. The lowest BCUT2D eigenvalue weighted by molar-refractivity contribution is -0.120.